The van der Waals surface area contributed by atoms with E-state index in [2.05, 4.69) is 4.98 Å². The van der Waals surface area contributed by atoms with Crippen LogP contribution in [0.15, 0.2) is 30.6 Å². The average molecular weight is 316 g/mol. The van der Waals surface area contributed by atoms with Crippen molar-refractivity contribution in [2.45, 2.75) is 12.8 Å². The maximum absolute atomic E-state index is 11.8. The Morgan fingerprint density at radius 3 is 2.77 bits per heavy atom. The molecule has 5 nitrogen and oxygen atoms in total. The van der Waals surface area contributed by atoms with Crippen molar-refractivity contribution in [3.63, 3.8) is 0 Å². The molecule has 0 spiro atoms. The van der Waals surface area contributed by atoms with Gasteiger partial charge < -0.3 is 10.6 Å². The van der Waals surface area contributed by atoms with Gasteiger partial charge in [-0.15, -0.1) is 0 Å². The molecule has 0 fully saturated rings. The topological polar surface area (TPSA) is 76.3 Å². The van der Waals surface area contributed by atoms with Gasteiger partial charge in [0, 0.05) is 42.7 Å². The number of carbonyl (C=O) groups is 2. The van der Waals surface area contributed by atoms with Crippen molar-refractivity contribution in [1.29, 1.82) is 0 Å². The Morgan fingerprint density at radius 2 is 2.05 bits per heavy atom. The van der Waals surface area contributed by atoms with Crippen LogP contribution < -0.4 is 10.6 Å². The lowest BCUT2D eigenvalue weighted by molar-refractivity contribution is -0.118. The third-order valence-electron chi connectivity index (χ3n) is 3.85. The standard InChI is InChI=1S/C16H14ClN3O2/c1-20-14-6-13(17)12(5-9(14)2-3-15(20)21)10-4-11(16(18)22)8-19-7-10/h4-8H,2-3H2,1H3,(H2,18,22). The average Bonchev–Trinajstić information content (AvgIpc) is 2.51. The fourth-order valence-electron chi connectivity index (χ4n) is 2.61. The number of aryl methyl sites for hydroxylation is 1. The van der Waals surface area contributed by atoms with Gasteiger partial charge in [-0.05, 0) is 30.2 Å². The summed E-state index contributed by atoms with van der Waals surface area (Å²) >= 11 is 6.36. The third kappa shape index (κ3) is 2.44. The minimum atomic E-state index is -0.534. The number of hydrogen-bond donors (Lipinski definition) is 1. The number of rotatable bonds is 2. The summed E-state index contributed by atoms with van der Waals surface area (Å²) < 4.78 is 0. The van der Waals surface area contributed by atoms with E-state index >= 15 is 0 Å². The molecule has 22 heavy (non-hydrogen) atoms. The van der Waals surface area contributed by atoms with Crippen molar-refractivity contribution in [2.75, 3.05) is 11.9 Å². The zero-order valence-electron chi connectivity index (χ0n) is 12.0. The van der Waals surface area contributed by atoms with Gasteiger partial charge in [0.15, 0.2) is 0 Å². The Kier molecular flexibility index (Phi) is 3.58. The molecule has 0 aliphatic carbocycles. The highest BCUT2D eigenvalue weighted by Gasteiger charge is 2.22. The molecule has 0 atom stereocenters. The highest BCUT2D eigenvalue weighted by Crippen LogP contribution is 2.37. The summed E-state index contributed by atoms with van der Waals surface area (Å²) in [6.07, 6.45) is 4.21. The fraction of sp³-hybridized carbons (Fsp3) is 0.188. The first kappa shape index (κ1) is 14.5. The summed E-state index contributed by atoms with van der Waals surface area (Å²) in [4.78, 5) is 28.7. The van der Waals surface area contributed by atoms with Crippen molar-refractivity contribution < 1.29 is 9.59 Å². The second-order valence-corrected chi connectivity index (χ2v) is 5.65. The lowest BCUT2D eigenvalue weighted by atomic mass is 9.96. The van der Waals surface area contributed by atoms with Crippen molar-refractivity contribution in [1.82, 2.24) is 4.98 Å². The molecule has 3 rings (SSSR count). The summed E-state index contributed by atoms with van der Waals surface area (Å²) in [5.74, 6) is -0.456. The number of aromatic nitrogens is 1. The van der Waals surface area contributed by atoms with Gasteiger partial charge in [-0.25, -0.2) is 0 Å². The molecule has 2 N–H and O–H groups in total. The number of carbonyl (C=O) groups excluding carboxylic acids is 2. The van der Waals surface area contributed by atoms with Crippen LogP contribution in [-0.2, 0) is 11.2 Å². The Balaban J connectivity index is 2.11. The van der Waals surface area contributed by atoms with E-state index in [0.29, 0.717) is 23.4 Å². The zero-order chi connectivity index (χ0) is 15.9. The molecule has 112 valence electrons. The summed E-state index contributed by atoms with van der Waals surface area (Å²) in [5.41, 5.74) is 8.99. The normalized spacial score (nSPS) is 13.9. The van der Waals surface area contributed by atoms with E-state index in [1.54, 1.807) is 30.3 Å². The number of nitrogens with two attached hydrogens (primary N) is 1. The third-order valence-corrected chi connectivity index (χ3v) is 4.16. The number of nitrogens with zero attached hydrogens (tertiary/aromatic N) is 2. The van der Waals surface area contributed by atoms with Gasteiger partial charge in [-0.3, -0.25) is 14.6 Å². The largest absolute Gasteiger partial charge is 0.366 e. The van der Waals surface area contributed by atoms with Gasteiger partial charge >= 0.3 is 0 Å². The van der Waals surface area contributed by atoms with Crippen LogP contribution in [0.4, 0.5) is 5.69 Å². The monoisotopic (exact) mass is 315 g/mol. The van der Waals surface area contributed by atoms with Crippen molar-refractivity contribution >= 4 is 29.1 Å². The Bertz CT molecular complexity index is 789. The number of amides is 2. The van der Waals surface area contributed by atoms with E-state index in [9.17, 15) is 9.59 Å². The smallest absolute Gasteiger partial charge is 0.250 e. The molecule has 2 amide bonds. The van der Waals surface area contributed by atoms with Crippen molar-refractivity contribution in [3.05, 3.63) is 46.7 Å². The quantitative estimate of drug-likeness (QED) is 0.924. The highest BCUT2D eigenvalue weighted by atomic mass is 35.5. The lowest BCUT2D eigenvalue weighted by Gasteiger charge is -2.26. The molecule has 1 aromatic carbocycles. The summed E-state index contributed by atoms with van der Waals surface area (Å²) in [6.45, 7) is 0. The predicted molar refractivity (Wildman–Crippen MR) is 84.9 cm³/mol. The number of fused-ring (bicyclic) bond motifs is 1. The van der Waals surface area contributed by atoms with Crippen LogP contribution in [0.3, 0.4) is 0 Å². The number of halogens is 1. The van der Waals surface area contributed by atoms with Crippen LogP contribution in [0.2, 0.25) is 5.02 Å². The molecule has 0 unspecified atom stereocenters. The maximum Gasteiger partial charge on any atom is 0.250 e. The molecular weight excluding hydrogens is 302 g/mol. The molecule has 0 bridgehead atoms. The van der Waals surface area contributed by atoms with Crippen molar-refractivity contribution in [2.24, 2.45) is 5.73 Å². The van der Waals surface area contributed by atoms with E-state index in [0.717, 1.165) is 22.4 Å². The van der Waals surface area contributed by atoms with E-state index in [1.165, 1.54) is 6.20 Å². The second-order valence-electron chi connectivity index (χ2n) is 5.24. The van der Waals surface area contributed by atoms with E-state index in [-0.39, 0.29) is 5.91 Å². The predicted octanol–water partition coefficient (Wildman–Crippen LogP) is 2.41. The minimum absolute atomic E-state index is 0.0775. The summed E-state index contributed by atoms with van der Waals surface area (Å²) in [7, 11) is 1.74. The van der Waals surface area contributed by atoms with Crippen LogP contribution >= 0.6 is 11.6 Å². The summed E-state index contributed by atoms with van der Waals surface area (Å²) in [5, 5.41) is 0.503. The first-order valence-electron chi connectivity index (χ1n) is 6.81. The second kappa shape index (κ2) is 5.42. The molecule has 6 heteroatoms. The minimum Gasteiger partial charge on any atom is -0.366 e. The molecule has 1 aliphatic rings. The summed E-state index contributed by atoms with van der Waals surface area (Å²) in [6, 6.07) is 5.39. The van der Waals surface area contributed by atoms with Gasteiger partial charge in [0.05, 0.1) is 10.6 Å². The maximum atomic E-state index is 11.8. The lowest BCUT2D eigenvalue weighted by Crippen LogP contribution is -2.31. The molecule has 0 saturated carbocycles. The molecule has 2 aromatic rings. The molecule has 0 saturated heterocycles. The van der Waals surface area contributed by atoms with Gasteiger partial charge in [0.1, 0.15) is 0 Å². The Morgan fingerprint density at radius 1 is 1.27 bits per heavy atom. The molecule has 0 radical (unpaired) electrons. The molecule has 1 aromatic heterocycles. The fourth-order valence-corrected chi connectivity index (χ4v) is 2.87. The Labute approximate surface area is 132 Å². The van der Waals surface area contributed by atoms with E-state index in [1.807, 2.05) is 6.07 Å². The van der Waals surface area contributed by atoms with Gasteiger partial charge in [-0.2, -0.15) is 0 Å². The molecular formula is C16H14ClN3O2. The van der Waals surface area contributed by atoms with E-state index in [4.69, 9.17) is 17.3 Å². The van der Waals surface area contributed by atoms with Crippen LogP contribution in [0, 0.1) is 0 Å². The first-order chi connectivity index (χ1) is 10.5. The first-order valence-corrected chi connectivity index (χ1v) is 7.19. The van der Waals surface area contributed by atoms with Gasteiger partial charge in [0.25, 0.3) is 0 Å². The highest BCUT2D eigenvalue weighted by molar-refractivity contribution is 6.33. The number of primary amides is 1. The van der Waals surface area contributed by atoms with Crippen LogP contribution in [0.1, 0.15) is 22.3 Å². The number of anilines is 1. The van der Waals surface area contributed by atoms with Crippen LogP contribution in [-0.4, -0.2) is 23.8 Å². The Hall–Kier alpha value is -2.40. The number of hydrogen-bond acceptors (Lipinski definition) is 3. The zero-order valence-corrected chi connectivity index (χ0v) is 12.7. The molecule has 1 aliphatic heterocycles. The van der Waals surface area contributed by atoms with Gasteiger partial charge in [0.2, 0.25) is 11.8 Å². The van der Waals surface area contributed by atoms with E-state index < -0.39 is 5.91 Å². The SMILES string of the molecule is CN1C(=O)CCc2cc(-c3cncc(C(N)=O)c3)c(Cl)cc21. The van der Waals surface area contributed by atoms with Crippen molar-refractivity contribution in [3.8, 4) is 11.1 Å². The molecule has 2 heterocycles. The number of benzene rings is 1. The van der Waals surface area contributed by atoms with Gasteiger partial charge in [-0.1, -0.05) is 11.6 Å². The van der Waals surface area contributed by atoms with Crippen LogP contribution in [0.5, 0.6) is 0 Å². The number of pyridine rings is 1. The van der Waals surface area contributed by atoms with Crippen LogP contribution in [0.25, 0.3) is 11.1 Å².